The molecule has 13 heavy (non-hydrogen) atoms. The summed E-state index contributed by atoms with van der Waals surface area (Å²) < 4.78 is 0. The molecule has 0 unspecified atom stereocenters. The van der Waals surface area contributed by atoms with Crippen molar-refractivity contribution in [3.05, 3.63) is 0 Å². The molecule has 1 aliphatic rings. The predicted molar refractivity (Wildman–Crippen MR) is 42.9 cm³/mol. The SMILES string of the molecule is CC1(C)[C@](O)(C(=O)CO)[C@]1(O)CO. The molecular formula is C8H14O5. The molecular weight excluding hydrogens is 176 g/mol. The summed E-state index contributed by atoms with van der Waals surface area (Å²) in [5.41, 5.74) is -4.97. The van der Waals surface area contributed by atoms with Crippen LogP contribution in [-0.4, -0.2) is 50.6 Å². The fourth-order valence-electron chi connectivity index (χ4n) is 1.92. The Morgan fingerprint density at radius 2 is 1.69 bits per heavy atom. The zero-order chi connectivity index (χ0) is 10.5. The van der Waals surface area contributed by atoms with E-state index < -0.39 is 35.6 Å². The van der Waals surface area contributed by atoms with Gasteiger partial charge in [0.1, 0.15) is 12.2 Å². The average Bonchev–Trinajstić information content (AvgIpc) is 2.46. The Bertz CT molecular complexity index is 249. The summed E-state index contributed by atoms with van der Waals surface area (Å²) in [6, 6.07) is 0. The van der Waals surface area contributed by atoms with E-state index in [4.69, 9.17) is 10.2 Å². The van der Waals surface area contributed by atoms with Crippen LogP contribution in [0, 0.1) is 5.41 Å². The third-order valence-electron chi connectivity index (χ3n) is 3.25. The molecule has 1 aliphatic carbocycles. The fourth-order valence-corrected chi connectivity index (χ4v) is 1.92. The van der Waals surface area contributed by atoms with Crippen LogP contribution in [0.2, 0.25) is 0 Å². The lowest BCUT2D eigenvalue weighted by Crippen LogP contribution is -2.38. The first-order valence-electron chi connectivity index (χ1n) is 3.99. The van der Waals surface area contributed by atoms with E-state index in [1.165, 1.54) is 13.8 Å². The molecule has 76 valence electrons. The van der Waals surface area contributed by atoms with Gasteiger partial charge in [0, 0.05) is 5.41 Å². The molecule has 0 aliphatic heterocycles. The van der Waals surface area contributed by atoms with E-state index in [1.54, 1.807) is 0 Å². The van der Waals surface area contributed by atoms with Crippen LogP contribution >= 0.6 is 0 Å². The fraction of sp³-hybridized carbons (Fsp3) is 0.875. The van der Waals surface area contributed by atoms with E-state index >= 15 is 0 Å². The Morgan fingerprint density at radius 3 is 1.92 bits per heavy atom. The van der Waals surface area contributed by atoms with Crippen molar-refractivity contribution in [2.45, 2.75) is 25.0 Å². The number of aliphatic hydroxyl groups excluding tert-OH is 2. The number of ketones is 1. The highest BCUT2D eigenvalue weighted by Gasteiger charge is 2.85. The van der Waals surface area contributed by atoms with Gasteiger partial charge in [0.15, 0.2) is 11.4 Å². The Labute approximate surface area is 75.6 Å². The highest BCUT2D eigenvalue weighted by Crippen LogP contribution is 2.64. The highest BCUT2D eigenvalue weighted by atomic mass is 16.4. The van der Waals surface area contributed by atoms with Crippen molar-refractivity contribution >= 4 is 5.78 Å². The molecule has 0 aromatic rings. The van der Waals surface area contributed by atoms with Crippen molar-refractivity contribution in [2.75, 3.05) is 13.2 Å². The normalized spacial score (nSPS) is 41.7. The van der Waals surface area contributed by atoms with Crippen LogP contribution in [0.3, 0.4) is 0 Å². The van der Waals surface area contributed by atoms with Crippen LogP contribution in [0.5, 0.6) is 0 Å². The molecule has 0 aromatic carbocycles. The van der Waals surface area contributed by atoms with E-state index in [9.17, 15) is 15.0 Å². The lowest BCUT2D eigenvalue weighted by molar-refractivity contribution is -0.138. The second-order valence-electron chi connectivity index (χ2n) is 3.94. The maximum Gasteiger partial charge on any atom is 0.193 e. The second-order valence-corrected chi connectivity index (χ2v) is 3.94. The summed E-state index contributed by atoms with van der Waals surface area (Å²) in [4.78, 5) is 11.1. The van der Waals surface area contributed by atoms with Crippen molar-refractivity contribution in [1.82, 2.24) is 0 Å². The number of hydrogen-bond acceptors (Lipinski definition) is 5. The van der Waals surface area contributed by atoms with Gasteiger partial charge in [-0.2, -0.15) is 0 Å². The van der Waals surface area contributed by atoms with Gasteiger partial charge in [-0.3, -0.25) is 4.79 Å². The quantitative estimate of drug-likeness (QED) is 0.414. The van der Waals surface area contributed by atoms with Crippen LogP contribution in [0.15, 0.2) is 0 Å². The molecule has 0 radical (unpaired) electrons. The first kappa shape index (κ1) is 10.6. The minimum Gasteiger partial charge on any atom is -0.393 e. The van der Waals surface area contributed by atoms with Gasteiger partial charge in [0.05, 0.1) is 6.61 Å². The third-order valence-corrected chi connectivity index (χ3v) is 3.25. The Kier molecular flexibility index (Phi) is 2.04. The maximum atomic E-state index is 11.1. The van der Waals surface area contributed by atoms with Gasteiger partial charge in [0.2, 0.25) is 0 Å². The van der Waals surface area contributed by atoms with E-state index in [-0.39, 0.29) is 0 Å². The third kappa shape index (κ3) is 0.826. The minimum atomic E-state index is -2.02. The minimum absolute atomic E-state index is 0.706. The van der Waals surface area contributed by atoms with Gasteiger partial charge in [-0.15, -0.1) is 0 Å². The van der Waals surface area contributed by atoms with Crippen molar-refractivity contribution in [3.8, 4) is 0 Å². The number of carbonyl (C=O) groups excluding carboxylic acids is 1. The molecule has 1 fully saturated rings. The van der Waals surface area contributed by atoms with Gasteiger partial charge in [-0.1, -0.05) is 13.8 Å². The van der Waals surface area contributed by atoms with E-state index in [0.29, 0.717) is 0 Å². The number of carbonyl (C=O) groups is 1. The number of Topliss-reactive ketones (excluding diaryl/α,β-unsaturated/α-hetero) is 1. The van der Waals surface area contributed by atoms with E-state index in [2.05, 4.69) is 0 Å². The highest BCUT2D eigenvalue weighted by molar-refractivity contribution is 5.95. The molecule has 5 heteroatoms. The average molecular weight is 190 g/mol. The lowest BCUT2D eigenvalue weighted by Gasteiger charge is -2.10. The lowest BCUT2D eigenvalue weighted by atomic mass is 10.0. The number of rotatable bonds is 3. The maximum absolute atomic E-state index is 11.1. The molecule has 4 N–H and O–H groups in total. The van der Waals surface area contributed by atoms with Gasteiger partial charge >= 0.3 is 0 Å². The molecule has 0 amide bonds. The topological polar surface area (TPSA) is 98.0 Å². The van der Waals surface area contributed by atoms with Gasteiger partial charge in [-0.05, 0) is 0 Å². The zero-order valence-corrected chi connectivity index (χ0v) is 7.61. The van der Waals surface area contributed by atoms with E-state index in [1.807, 2.05) is 0 Å². The Balaban J connectivity index is 3.03. The Morgan fingerprint density at radius 1 is 1.23 bits per heavy atom. The largest absolute Gasteiger partial charge is 0.393 e. The summed E-state index contributed by atoms with van der Waals surface area (Å²) in [6.45, 7) is 1.36. The van der Waals surface area contributed by atoms with Crippen molar-refractivity contribution in [1.29, 1.82) is 0 Å². The molecule has 2 atom stereocenters. The van der Waals surface area contributed by atoms with Gasteiger partial charge in [-0.25, -0.2) is 0 Å². The smallest absolute Gasteiger partial charge is 0.193 e. The summed E-state index contributed by atoms with van der Waals surface area (Å²) in [7, 11) is 0. The second kappa shape index (κ2) is 2.51. The van der Waals surface area contributed by atoms with Crippen molar-refractivity contribution in [2.24, 2.45) is 5.41 Å². The molecule has 1 saturated carbocycles. The molecule has 0 heterocycles. The first-order valence-corrected chi connectivity index (χ1v) is 3.99. The molecule has 0 spiro atoms. The van der Waals surface area contributed by atoms with E-state index in [0.717, 1.165) is 0 Å². The van der Waals surface area contributed by atoms with Crippen molar-refractivity contribution in [3.63, 3.8) is 0 Å². The number of aliphatic hydroxyl groups is 4. The standard InChI is InChI=1S/C8H14O5/c1-6(2)7(12,4-10)8(6,13)5(11)3-9/h9-10,12-13H,3-4H2,1-2H3/t7-,8+/m0/s1. The molecule has 0 aromatic heterocycles. The zero-order valence-electron chi connectivity index (χ0n) is 7.61. The first-order chi connectivity index (χ1) is 5.79. The van der Waals surface area contributed by atoms with Gasteiger partial charge in [0.25, 0.3) is 0 Å². The summed E-state index contributed by atoms with van der Waals surface area (Å²) in [5.74, 6) is -0.867. The summed E-state index contributed by atoms with van der Waals surface area (Å²) >= 11 is 0. The summed E-state index contributed by atoms with van der Waals surface area (Å²) in [5, 5.41) is 36.8. The Hall–Kier alpha value is -0.490. The van der Waals surface area contributed by atoms with Crippen molar-refractivity contribution < 1.29 is 25.2 Å². The predicted octanol–water partition coefficient (Wildman–Crippen LogP) is -1.96. The molecule has 0 bridgehead atoms. The van der Waals surface area contributed by atoms with Gasteiger partial charge < -0.3 is 20.4 Å². The molecule has 5 nitrogen and oxygen atoms in total. The molecule has 0 saturated heterocycles. The van der Waals surface area contributed by atoms with Crippen LogP contribution in [0.25, 0.3) is 0 Å². The van der Waals surface area contributed by atoms with Crippen LogP contribution < -0.4 is 0 Å². The van der Waals surface area contributed by atoms with Crippen LogP contribution in [0.4, 0.5) is 0 Å². The van der Waals surface area contributed by atoms with Crippen LogP contribution in [-0.2, 0) is 4.79 Å². The van der Waals surface area contributed by atoms with Crippen LogP contribution in [0.1, 0.15) is 13.8 Å². The summed E-state index contributed by atoms with van der Waals surface area (Å²) in [6.07, 6.45) is 0. The molecule has 1 rings (SSSR count). The monoisotopic (exact) mass is 190 g/mol. The number of hydrogen-bond donors (Lipinski definition) is 4.